The van der Waals surface area contributed by atoms with E-state index in [1.165, 1.54) is 36.4 Å². The van der Waals surface area contributed by atoms with E-state index < -0.39 is 17.7 Å². The van der Waals surface area contributed by atoms with Crippen LogP contribution in [0, 0.1) is 11.6 Å². The van der Waals surface area contributed by atoms with Gasteiger partial charge in [-0.15, -0.1) is 0 Å². The lowest BCUT2D eigenvalue weighted by Crippen LogP contribution is -2.34. The zero-order chi connectivity index (χ0) is 23.8. The highest BCUT2D eigenvalue weighted by molar-refractivity contribution is 5.74. The molecule has 2 amide bonds. The van der Waals surface area contributed by atoms with Crippen molar-refractivity contribution in [3.8, 4) is 23.3 Å². The number of ether oxygens (including phenoxy) is 2. The van der Waals surface area contributed by atoms with Crippen LogP contribution in [0.25, 0.3) is 0 Å². The zero-order valence-electron chi connectivity index (χ0n) is 17.9. The smallest absolute Gasteiger partial charge is 0.315 e. The number of benzene rings is 2. The van der Waals surface area contributed by atoms with Crippen LogP contribution in [0.2, 0.25) is 0 Å². The second kappa shape index (κ2) is 10.9. The van der Waals surface area contributed by atoms with E-state index in [0.29, 0.717) is 22.6 Å². The van der Waals surface area contributed by atoms with Gasteiger partial charge in [-0.1, -0.05) is 24.3 Å². The van der Waals surface area contributed by atoms with Crippen molar-refractivity contribution in [2.45, 2.75) is 13.1 Å². The van der Waals surface area contributed by atoms with Crippen molar-refractivity contribution < 1.29 is 23.0 Å². The summed E-state index contributed by atoms with van der Waals surface area (Å²) in [5, 5.41) is 5.46. The van der Waals surface area contributed by atoms with Crippen LogP contribution in [0.3, 0.4) is 0 Å². The van der Waals surface area contributed by atoms with Gasteiger partial charge in [-0.3, -0.25) is 0 Å². The van der Waals surface area contributed by atoms with Crippen LogP contribution in [0.4, 0.5) is 13.6 Å². The van der Waals surface area contributed by atoms with Crippen LogP contribution in [0.1, 0.15) is 11.1 Å². The van der Waals surface area contributed by atoms with E-state index in [0.717, 1.165) is 0 Å². The van der Waals surface area contributed by atoms with Crippen molar-refractivity contribution in [1.82, 2.24) is 20.6 Å². The van der Waals surface area contributed by atoms with Gasteiger partial charge < -0.3 is 20.1 Å². The molecule has 0 aliphatic carbocycles. The summed E-state index contributed by atoms with van der Waals surface area (Å²) >= 11 is 0. The molecule has 0 aliphatic rings. The Morgan fingerprint density at radius 2 is 1.18 bits per heavy atom. The maximum Gasteiger partial charge on any atom is 0.315 e. The maximum atomic E-state index is 13.4. The fourth-order valence-corrected chi connectivity index (χ4v) is 3.00. The molecule has 9 heteroatoms. The molecule has 0 aliphatic heterocycles. The van der Waals surface area contributed by atoms with Gasteiger partial charge in [-0.25, -0.2) is 23.5 Å². The maximum absolute atomic E-state index is 13.4. The highest BCUT2D eigenvalue weighted by Crippen LogP contribution is 2.24. The largest absolute Gasteiger partial charge is 0.439 e. The molecular formula is C25H20F2N4O3. The molecule has 0 bridgehead atoms. The number of nitrogens with zero attached hydrogens (tertiary/aromatic N) is 2. The van der Waals surface area contributed by atoms with E-state index in [-0.39, 0.29) is 24.8 Å². The summed E-state index contributed by atoms with van der Waals surface area (Å²) in [5.74, 6) is 0.253. The first-order valence-electron chi connectivity index (χ1n) is 10.3. The molecule has 2 heterocycles. The number of pyridine rings is 2. The van der Waals surface area contributed by atoms with Crippen LogP contribution < -0.4 is 20.1 Å². The number of rotatable bonds is 8. The van der Waals surface area contributed by atoms with Gasteiger partial charge in [0.15, 0.2) is 0 Å². The summed E-state index contributed by atoms with van der Waals surface area (Å²) in [4.78, 5) is 20.7. The minimum atomic E-state index is -0.443. The Morgan fingerprint density at radius 3 is 1.62 bits per heavy atom. The first-order valence-corrected chi connectivity index (χ1v) is 10.3. The van der Waals surface area contributed by atoms with Gasteiger partial charge in [0.05, 0.1) is 0 Å². The summed E-state index contributed by atoms with van der Waals surface area (Å²) in [7, 11) is 0. The minimum absolute atomic E-state index is 0.129. The van der Waals surface area contributed by atoms with Crippen LogP contribution in [0.15, 0.2) is 85.2 Å². The van der Waals surface area contributed by atoms with Crippen LogP contribution in [-0.4, -0.2) is 16.0 Å². The second-order valence-corrected chi connectivity index (χ2v) is 7.09. The minimum Gasteiger partial charge on any atom is -0.439 e. The number of urea groups is 1. The predicted octanol–water partition coefficient (Wildman–Crippen LogP) is 5.34. The van der Waals surface area contributed by atoms with Crippen molar-refractivity contribution in [3.05, 3.63) is 108 Å². The standard InChI is InChI=1S/C25H20F2N4O3/c26-19-7-1-9-21(13-19)33-23-17(5-3-11-28-23)15-30-25(32)31-16-18-6-4-12-29-24(18)34-22-10-2-8-20(27)14-22/h1-14H,15-16H2,(H2,30,31,32). The highest BCUT2D eigenvalue weighted by Gasteiger charge is 2.11. The monoisotopic (exact) mass is 462 g/mol. The van der Waals surface area contributed by atoms with E-state index in [4.69, 9.17) is 9.47 Å². The molecule has 0 saturated heterocycles. The lowest BCUT2D eigenvalue weighted by atomic mass is 10.2. The third-order valence-corrected chi connectivity index (χ3v) is 4.60. The van der Waals surface area contributed by atoms with E-state index in [2.05, 4.69) is 20.6 Å². The Labute approximate surface area is 194 Å². The molecule has 2 N–H and O–H groups in total. The third kappa shape index (κ3) is 6.26. The number of hydrogen-bond acceptors (Lipinski definition) is 5. The zero-order valence-corrected chi connectivity index (χ0v) is 17.9. The van der Waals surface area contributed by atoms with Gasteiger partial charge in [-0.05, 0) is 36.4 Å². The molecule has 4 aromatic rings. The summed E-state index contributed by atoms with van der Waals surface area (Å²) in [6.45, 7) is 0.258. The number of aromatic nitrogens is 2. The van der Waals surface area contributed by atoms with Gasteiger partial charge in [0.25, 0.3) is 0 Å². The summed E-state index contributed by atoms with van der Waals surface area (Å²) < 4.78 is 38.2. The highest BCUT2D eigenvalue weighted by atomic mass is 19.1. The number of carbonyl (C=O) groups excluding carboxylic acids is 1. The average Bonchev–Trinajstić information content (AvgIpc) is 2.83. The van der Waals surface area contributed by atoms with Crippen molar-refractivity contribution in [2.75, 3.05) is 0 Å². The van der Waals surface area contributed by atoms with E-state index in [1.807, 2.05) is 0 Å². The van der Waals surface area contributed by atoms with E-state index in [9.17, 15) is 13.6 Å². The Hall–Kier alpha value is -4.53. The first-order chi connectivity index (χ1) is 16.6. The quantitative estimate of drug-likeness (QED) is 0.369. The summed E-state index contributed by atoms with van der Waals surface area (Å²) in [5.41, 5.74) is 1.22. The lowest BCUT2D eigenvalue weighted by molar-refractivity contribution is 0.240. The van der Waals surface area contributed by atoms with Crippen molar-refractivity contribution in [2.24, 2.45) is 0 Å². The van der Waals surface area contributed by atoms with Gasteiger partial charge >= 0.3 is 6.03 Å². The van der Waals surface area contributed by atoms with Gasteiger partial charge in [0.2, 0.25) is 11.8 Å². The molecule has 34 heavy (non-hydrogen) atoms. The third-order valence-electron chi connectivity index (χ3n) is 4.60. The van der Waals surface area contributed by atoms with Gasteiger partial charge in [0.1, 0.15) is 23.1 Å². The van der Waals surface area contributed by atoms with Gasteiger partial charge in [-0.2, -0.15) is 0 Å². The molecule has 2 aromatic carbocycles. The second-order valence-electron chi connectivity index (χ2n) is 7.09. The van der Waals surface area contributed by atoms with E-state index in [1.54, 1.807) is 48.8 Å². The molecule has 172 valence electrons. The molecular weight excluding hydrogens is 442 g/mol. The number of amides is 2. The lowest BCUT2D eigenvalue weighted by Gasteiger charge is -2.13. The Morgan fingerprint density at radius 1 is 0.706 bits per heavy atom. The topological polar surface area (TPSA) is 85.4 Å². The average molecular weight is 462 g/mol. The van der Waals surface area contributed by atoms with Crippen molar-refractivity contribution >= 4 is 6.03 Å². The number of nitrogens with one attached hydrogen (secondary N) is 2. The summed E-state index contributed by atoms with van der Waals surface area (Å²) in [6.07, 6.45) is 3.08. The summed E-state index contributed by atoms with van der Waals surface area (Å²) in [6, 6.07) is 17.9. The molecule has 0 saturated carbocycles. The molecule has 0 fully saturated rings. The van der Waals surface area contributed by atoms with E-state index >= 15 is 0 Å². The molecule has 7 nitrogen and oxygen atoms in total. The number of carbonyl (C=O) groups is 1. The van der Waals surface area contributed by atoms with Crippen LogP contribution in [-0.2, 0) is 13.1 Å². The predicted molar refractivity (Wildman–Crippen MR) is 120 cm³/mol. The Kier molecular flexibility index (Phi) is 7.24. The molecule has 4 rings (SSSR count). The van der Waals surface area contributed by atoms with Crippen molar-refractivity contribution in [3.63, 3.8) is 0 Å². The van der Waals surface area contributed by atoms with Crippen molar-refractivity contribution in [1.29, 1.82) is 0 Å². The fraction of sp³-hybridized carbons (Fsp3) is 0.0800. The number of hydrogen-bond donors (Lipinski definition) is 2. The normalized spacial score (nSPS) is 10.4. The van der Waals surface area contributed by atoms with Crippen LogP contribution in [0.5, 0.6) is 23.3 Å². The fourth-order valence-electron chi connectivity index (χ4n) is 3.00. The molecule has 0 radical (unpaired) electrons. The molecule has 0 unspecified atom stereocenters. The SMILES string of the molecule is O=C(NCc1cccnc1Oc1cccc(F)c1)NCc1cccnc1Oc1cccc(F)c1. The Balaban J connectivity index is 1.34. The molecule has 2 aromatic heterocycles. The number of halogens is 2. The molecule has 0 atom stereocenters. The van der Waals surface area contributed by atoms with Gasteiger partial charge in [0, 0.05) is 48.7 Å². The first kappa shape index (κ1) is 22.7. The molecule has 0 spiro atoms. The van der Waals surface area contributed by atoms with Crippen LogP contribution >= 0.6 is 0 Å². The Bertz CT molecular complexity index is 1190.